The summed E-state index contributed by atoms with van der Waals surface area (Å²) in [6.07, 6.45) is 5.92. The van der Waals surface area contributed by atoms with E-state index in [1.54, 1.807) is 6.20 Å². The highest BCUT2D eigenvalue weighted by Crippen LogP contribution is 2.37. The number of nitrogens with zero attached hydrogens (tertiary/aromatic N) is 6. The molecule has 0 aromatic carbocycles. The molecule has 2 bridgehead atoms. The largest absolute Gasteiger partial charge is 0.378 e. The van der Waals surface area contributed by atoms with Crippen LogP contribution in [0.5, 0.6) is 0 Å². The van der Waals surface area contributed by atoms with Crippen LogP contribution in [0.3, 0.4) is 0 Å². The molecule has 148 valence electrons. The van der Waals surface area contributed by atoms with Crippen LogP contribution in [0.25, 0.3) is 11.4 Å². The molecule has 6 rings (SSSR count). The molecule has 2 aromatic rings. The van der Waals surface area contributed by atoms with Gasteiger partial charge in [0.2, 0.25) is 5.91 Å². The Balaban J connectivity index is 1.23. The van der Waals surface area contributed by atoms with Crippen LogP contribution in [-0.4, -0.2) is 81.1 Å². The zero-order chi connectivity index (χ0) is 18.9. The van der Waals surface area contributed by atoms with Gasteiger partial charge < -0.3 is 9.64 Å². The Labute approximate surface area is 164 Å². The lowest BCUT2D eigenvalue weighted by molar-refractivity contribution is -0.148. The van der Waals surface area contributed by atoms with Crippen molar-refractivity contribution in [2.45, 2.75) is 25.4 Å². The van der Waals surface area contributed by atoms with Crippen molar-refractivity contribution in [2.75, 3.05) is 39.4 Å². The third-order valence-electron chi connectivity index (χ3n) is 6.38. The standard InChI is InChI=1S/C20H26N6O2/c27-20(24-7-9-28-10-8-24)17-13-25-6-4-15(17)11-16(25)12-26-14-19(22-23-26)18-3-1-2-5-21-18/h1-3,5,14-17H,4,6-13H2/t15-,16+,17-/m0/s1. The molecular weight excluding hydrogens is 356 g/mol. The third-order valence-corrected chi connectivity index (χ3v) is 6.38. The molecule has 4 aliphatic rings. The van der Waals surface area contributed by atoms with Gasteiger partial charge in [-0.05, 0) is 37.4 Å². The van der Waals surface area contributed by atoms with Crippen LogP contribution in [0.2, 0.25) is 0 Å². The normalized spacial score (nSPS) is 29.8. The van der Waals surface area contributed by atoms with E-state index in [9.17, 15) is 4.79 Å². The van der Waals surface area contributed by atoms with Gasteiger partial charge in [0.15, 0.2) is 0 Å². The number of hydrogen-bond donors (Lipinski definition) is 0. The van der Waals surface area contributed by atoms with E-state index in [0.717, 1.165) is 57.0 Å². The van der Waals surface area contributed by atoms with Gasteiger partial charge in [-0.25, -0.2) is 0 Å². The van der Waals surface area contributed by atoms with Crippen LogP contribution >= 0.6 is 0 Å². The third kappa shape index (κ3) is 3.42. The predicted molar refractivity (Wildman–Crippen MR) is 102 cm³/mol. The van der Waals surface area contributed by atoms with Gasteiger partial charge in [-0.2, -0.15) is 0 Å². The number of aromatic nitrogens is 4. The topological polar surface area (TPSA) is 76.4 Å². The van der Waals surface area contributed by atoms with E-state index in [0.29, 0.717) is 31.1 Å². The van der Waals surface area contributed by atoms with Crippen LogP contribution in [0.1, 0.15) is 12.8 Å². The van der Waals surface area contributed by atoms with Crippen molar-refractivity contribution in [3.63, 3.8) is 0 Å². The Morgan fingerprint density at radius 3 is 2.82 bits per heavy atom. The Morgan fingerprint density at radius 1 is 1.18 bits per heavy atom. The molecule has 8 heteroatoms. The highest BCUT2D eigenvalue weighted by molar-refractivity contribution is 5.79. The zero-order valence-corrected chi connectivity index (χ0v) is 16.0. The van der Waals surface area contributed by atoms with Crippen LogP contribution in [-0.2, 0) is 16.1 Å². The van der Waals surface area contributed by atoms with Gasteiger partial charge in [-0.3, -0.25) is 19.4 Å². The summed E-state index contributed by atoms with van der Waals surface area (Å²) >= 11 is 0. The zero-order valence-electron chi connectivity index (χ0n) is 16.0. The lowest BCUT2D eigenvalue weighted by atomic mass is 9.75. The van der Waals surface area contributed by atoms with E-state index >= 15 is 0 Å². The van der Waals surface area contributed by atoms with Gasteiger partial charge in [0.25, 0.3) is 0 Å². The van der Waals surface area contributed by atoms with Crippen LogP contribution < -0.4 is 0 Å². The van der Waals surface area contributed by atoms with Crippen molar-refractivity contribution >= 4 is 5.91 Å². The van der Waals surface area contributed by atoms with E-state index in [-0.39, 0.29) is 5.92 Å². The summed E-state index contributed by atoms with van der Waals surface area (Å²) in [7, 11) is 0. The number of piperidine rings is 3. The van der Waals surface area contributed by atoms with Gasteiger partial charge in [0.05, 0.1) is 37.6 Å². The Kier molecular flexibility index (Phi) is 4.82. The fourth-order valence-electron chi connectivity index (χ4n) is 4.86. The van der Waals surface area contributed by atoms with Crippen LogP contribution in [0.4, 0.5) is 0 Å². The number of pyridine rings is 1. The maximum atomic E-state index is 13.0. The summed E-state index contributed by atoms with van der Waals surface area (Å²) in [5.41, 5.74) is 1.65. The van der Waals surface area contributed by atoms with Gasteiger partial charge in [-0.15, -0.1) is 5.10 Å². The van der Waals surface area contributed by atoms with Crippen molar-refractivity contribution in [1.29, 1.82) is 0 Å². The number of hydrogen-bond acceptors (Lipinski definition) is 6. The molecule has 0 saturated carbocycles. The molecule has 1 amide bonds. The fourth-order valence-corrected chi connectivity index (χ4v) is 4.86. The minimum atomic E-state index is 0.142. The van der Waals surface area contributed by atoms with Crippen molar-refractivity contribution < 1.29 is 9.53 Å². The first-order chi connectivity index (χ1) is 13.8. The molecule has 4 atom stereocenters. The Bertz CT molecular complexity index is 819. The molecule has 0 radical (unpaired) electrons. The lowest BCUT2D eigenvalue weighted by Crippen LogP contribution is -2.59. The van der Waals surface area contributed by atoms with Gasteiger partial charge in [0, 0.05) is 31.9 Å². The Morgan fingerprint density at radius 2 is 2.07 bits per heavy atom. The maximum absolute atomic E-state index is 13.0. The molecule has 28 heavy (non-hydrogen) atoms. The average molecular weight is 382 g/mol. The first-order valence-electron chi connectivity index (χ1n) is 10.2. The van der Waals surface area contributed by atoms with E-state index < -0.39 is 0 Å². The van der Waals surface area contributed by atoms with E-state index in [2.05, 4.69) is 20.2 Å². The minimum absolute atomic E-state index is 0.142. The number of rotatable bonds is 4. The van der Waals surface area contributed by atoms with Crippen LogP contribution in [0, 0.1) is 11.8 Å². The van der Waals surface area contributed by atoms with Gasteiger partial charge in [-0.1, -0.05) is 11.3 Å². The highest BCUT2D eigenvalue weighted by atomic mass is 16.5. The second-order valence-corrected chi connectivity index (χ2v) is 8.02. The van der Waals surface area contributed by atoms with E-state index in [1.165, 1.54) is 0 Å². The predicted octanol–water partition coefficient (Wildman–Crippen LogP) is 0.909. The summed E-state index contributed by atoms with van der Waals surface area (Å²) in [5, 5.41) is 8.59. The summed E-state index contributed by atoms with van der Waals surface area (Å²) in [4.78, 5) is 21.8. The number of fused-ring (bicyclic) bond motifs is 3. The molecule has 8 nitrogen and oxygen atoms in total. The monoisotopic (exact) mass is 382 g/mol. The van der Waals surface area contributed by atoms with Crippen molar-refractivity contribution in [1.82, 2.24) is 29.8 Å². The smallest absolute Gasteiger partial charge is 0.227 e. The SMILES string of the molecule is O=C([C@H]1CN2CC[C@H]1C[C@@H]2Cn1cc(-c2ccccn2)nn1)N1CCOCC1. The quantitative estimate of drug-likeness (QED) is 0.782. The molecule has 6 heterocycles. The van der Waals surface area contributed by atoms with Crippen molar-refractivity contribution in [3.8, 4) is 11.4 Å². The lowest BCUT2D eigenvalue weighted by Gasteiger charge is -2.50. The summed E-state index contributed by atoms with van der Waals surface area (Å²) < 4.78 is 7.32. The molecule has 4 saturated heterocycles. The van der Waals surface area contributed by atoms with Crippen LogP contribution in [0.15, 0.2) is 30.6 Å². The van der Waals surface area contributed by atoms with Gasteiger partial charge >= 0.3 is 0 Å². The molecule has 4 aliphatic heterocycles. The molecule has 1 unspecified atom stereocenters. The summed E-state index contributed by atoms with van der Waals surface area (Å²) in [5.74, 6) is 0.946. The second-order valence-electron chi connectivity index (χ2n) is 8.02. The van der Waals surface area contributed by atoms with Crippen molar-refractivity contribution in [2.24, 2.45) is 11.8 Å². The van der Waals surface area contributed by atoms with Gasteiger partial charge in [0.1, 0.15) is 5.69 Å². The fraction of sp³-hybridized carbons (Fsp3) is 0.600. The first kappa shape index (κ1) is 17.8. The molecule has 0 spiro atoms. The molecule has 2 aromatic heterocycles. The summed E-state index contributed by atoms with van der Waals surface area (Å²) in [6, 6.07) is 6.22. The van der Waals surface area contributed by atoms with E-state index in [4.69, 9.17) is 4.74 Å². The minimum Gasteiger partial charge on any atom is -0.378 e. The molecule has 4 fully saturated rings. The molecule has 0 N–H and O–H groups in total. The van der Waals surface area contributed by atoms with Crippen molar-refractivity contribution in [3.05, 3.63) is 30.6 Å². The Hall–Kier alpha value is -2.32. The molecule has 0 aliphatic carbocycles. The average Bonchev–Trinajstić information content (AvgIpc) is 3.23. The maximum Gasteiger partial charge on any atom is 0.227 e. The second kappa shape index (κ2) is 7.60. The number of amides is 1. The number of ether oxygens (including phenoxy) is 1. The molecular formula is C20H26N6O2. The van der Waals surface area contributed by atoms with E-state index in [1.807, 2.05) is 34.0 Å². The number of carbonyl (C=O) groups is 1. The number of carbonyl (C=O) groups excluding carboxylic acids is 1. The highest BCUT2D eigenvalue weighted by Gasteiger charge is 2.44. The number of morpholine rings is 1. The first-order valence-corrected chi connectivity index (χ1v) is 10.2. The summed E-state index contributed by atoms with van der Waals surface area (Å²) in [6.45, 7) is 5.56.